The molecule has 2 aromatic heterocycles. The van der Waals surface area contributed by atoms with Crippen LogP contribution in [-0.2, 0) is 13.6 Å². The van der Waals surface area contributed by atoms with Gasteiger partial charge in [-0.25, -0.2) is 9.67 Å². The molecule has 0 unspecified atom stereocenters. The number of hydrogen-bond acceptors (Lipinski definition) is 4. The monoisotopic (exact) mass is 339 g/mol. The van der Waals surface area contributed by atoms with Gasteiger partial charge in [0.2, 0.25) is 0 Å². The lowest BCUT2D eigenvalue weighted by atomic mass is 10.3. The van der Waals surface area contributed by atoms with Crippen molar-refractivity contribution in [1.82, 2.24) is 19.3 Å². The molecule has 0 fully saturated rings. The third kappa shape index (κ3) is 3.09. The molecule has 2 rings (SSSR count). The van der Waals surface area contributed by atoms with E-state index in [0.29, 0.717) is 4.47 Å². The molecule has 2 heterocycles. The van der Waals surface area contributed by atoms with E-state index in [2.05, 4.69) is 30.6 Å². The average molecular weight is 340 g/mol. The van der Waals surface area contributed by atoms with E-state index >= 15 is 0 Å². The minimum absolute atomic E-state index is 0.125. The summed E-state index contributed by atoms with van der Waals surface area (Å²) in [4.78, 5) is 18.0. The van der Waals surface area contributed by atoms with Crippen LogP contribution in [0.15, 0.2) is 27.9 Å². The Labute approximate surface area is 126 Å². The van der Waals surface area contributed by atoms with Crippen molar-refractivity contribution in [2.45, 2.75) is 19.9 Å². The van der Waals surface area contributed by atoms with Gasteiger partial charge in [0.05, 0.1) is 11.9 Å². The second kappa shape index (κ2) is 6.21. The van der Waals surface area contributed by atoms with E-state index in [4.69, 9.17) is 0 Å². The number of hydrogen-bond donors (Lipinski definition) is 0. The number of nitrogens with zero attached hydrogens (tertiary/aromatic N) is 5. The Morgan fingerprint density at radius 2 is 2.20 bits per heavy atom. The quantitative estimate of drug-likeness (QED) is 0.829. The molecule has 0 saturated carbocycles. The SMILES string of the molecule is Cc1nccn1CCCN(C)c1cnn(C)c(=O)c1Br. The largest absolute Gasteiger partial charge is 0.372 e. The van der Waals surface area contributed by atoms with Gasteiger partial charge in [0, 0.05) is 39.6 Å². The van der Waals surface area contributed by atoms with E-state index in [1.54, 1.807) is 19.4 Å². The van der Waals surface area contributed by atoms with Crippen molar-refractivity contribution < 1.29 is 0 Å². The molecule has 7 heteroatoms. The Kier molecular flexibility index (Phi) is 4.59. The van der Waals surface area contributed by atoms with E-state index in [1.165, 1.54) is 4.68 Å². The number of aryl methyl sites for hydroxylation is 3. The molecular weight excluding hydrogens is 322 g/mol. The first-order valence-corrected chi connectivity index (χ1v) is 7.20. The maximum atomic E-state index is 11.8. The predicted molar refractivity (Wildman–Crippen MR) is 82.0 cm³/mol. The lowest BCUT2D eigenvalue weighted by Gasteiger charge is -2.20. The van der Waals surface area contributed by atoms with Crippen molar-refractivity contribution in [3.05, 3.63) is 39.2 Å². The Morgan fingerprint density at radius 3 is 2.85 bits per heavy atom. The number of aromatic nitrogens is 4. The molecule has 0 bridgehead atoms. The molecule has 0 aromatic carbocycles. The third-order valence-electron chi connectivity index (χ3n) is 3.29. The van der Waals surface area contributed by atoms with Crippen LogP contribution in [0.4, 0.5) is 5.69 Å². The molecule has 6 nitrogen and oxygen atoms in total. The highest BCUT2D eigenvalue weighted by Gasteiger charge is 2.10. The van der Waals surface area contributed by atoms with Gasteiger partial charge in [-0.3, -0.25) is 4.79 Å². The van der Waals surface area contributed by atoms with Crippen molar-refractivity contribution in [3.8, 4) is 0 Å². The summed E-state index contributed by atoms with van der Waals surface area (Å²) in [6, 6.07) is 0. The number of anilines is 1. The minimum Gasteiger partial charge on any atom is -0.372 e. The van der Waals surface area contributed by atoms with Crippen LogP contribution in [0.3, 0.4) is 0 Å². The molecule has 0 amide bonds. The number of halogens is 1. The molecule has 108 valence electrons. The van der Waals surface area contributed by atoms with Crippen molar-refractivity contribution in [1.29, 1.82) is 0 Å². The van der Waals surface area contributed by atoms with Gasteiger partial charge in [0.1, 0.15) is 10.3 Å². The summed E-state index contributed by atoms with van der Waals surface area (Å²) in [6.07, 6.45) is 6.45. The Balaban J connectivity index is 1.99. The standard InChI is InChI=1S/C13H18BrN5O/c1-10-15-5-8-19(10)7-4-6-17(2)11-9-16-18(3)13(20)12(11)14/h5,8-9H,4,6-7H2,1-3H3. The van der Waals surface area contributed by atoms with Gasteiger partial charge in [-0.2, -0.15) is 5.10 Å². The summed E-state index contributed by atoms with van der Waals surface area (Å²) in [7, 11) is 3.60. The minimum atomic E-state index is -0.125. The van der Waals surface area contributed by atoms with Gasteiger partial charge < -0.3 is 9.47 Å². The second-order valence-electron chi connectivity index (χ2n) is 4.72. The van der Waals surface area contributed by atoms with Gasteiger partial charge in [0.15, 0.2) is 0 Å². The Morgan fingerprint density at radius 1 is 1.45 bits per heavy atom. The summed E-state index contributed by atoms with van der Waals surface area (Å²) in [5.74, 6) is 1.02. The van der Waals surface area contributed by atoms with Crippen LogP contribution in [0.2, 0.25) is 0 Å². The van der Waals surface area contributed by atoms with Crippen LogP contribution < -0.4 is 10.5 Å². The fourth-order valence-corrected chi connectivity index (χ4v) is 2.67. The van der Waals surface area contributed by atoms with Gasteiger partial charge in [-0.15, -0.1) is 0 Å². The topological polar surface area (TPSA) is 56.0 Å². The zero-order valence-electron chi connectivity index (χ0n) is 11.9. The number of rotatable bonds is 5. The first-order chi connectivity index (χ1) is 9.50. The summed E-state index contributed by atoms with van der Waals surface area (Å²) >= 11 is 3.34. The molecule has 0 aliphatic heterocycles. The summed E-state index contributed by atoms with van der Waals surface area (Å²) in [5.41, 5.74) is 0.690. The van der Waals surface area contributed by atoms with Gasteiger partial charge in [-0.05, 0) is 29.3 Å². The lowest BCUT2D eigenvalue weighted by Crippen LogP contribution is -2.26. The number of imidazole rings is 1. The molecule has 0 aliphatic carbocycles. The van der Waals surface area contributed by atoms with E-state index in [1.807, 2.05) is 25.1 Å². The van der Waals surface area contributed by atoms with Gasteiger partial charge in [-0.1, -0.05) is 0 Å². The molecule has 0 aliphatic rings. The highest BCUT2D eigenvalue weighted by molar-refractivity contribution is 9.10. The van der Waals surface area contributed by atoms with Crippen LogP contribution in [-0.4, -0.2) is 32.9 Å². The molecule has 0 radical (unpaired) electrons. The first kappa shape index (κ1) is 14.8. The zero-order valence-corrected chi connectivity index (χ0v) is 13.5. The van der Waals surface area contributed by atoms with Crippen LogP contribution >= 0.6 is 15.9 Å². The van der Waals surface area contributed by atoms with E-state index in [-0.39, 0.29) is 5.56 Å². The normalized spacial score (nSPS) is 10.8. The smallest absolute Gasteiger partial charge is 0.282 e. The second-order valence-corrected chi connectivity index (χ2v) is 5.51. The van der Waals surface area contributed by atoms with Gasteiger partial charge >= 0.3 is 0 Å². The molecule has 20 heavy (non-hydrogen) atoms. The fraction of sp³-hybridized carbons (Fsp3) is 0.462. The fourth-order valence-electron chi connectivity index (χ4n) is 2.01. The van der Waals surface area contributed by atoms with Crippen LogP contribution in [0.25, 0.3) is 0 Å². The Bertz CT molecular complexity index is 648. The average Bonchev–Trinajstić information content (AvgIpc) is 2.82. The van der Waals surface area contributed by atoms with Crippen LogP contribution in [0, 0.1) is 6.92 Å². The summed E-state index contributed by atoms with van der Waals surface area (Å²) in [5, 5.41) is 4.05. The highest BCUT2D eigenvalue weighted by Crippen LogP contribution is 2.20. The molecule has 0 N–H and O–H groups in total. The third-order valence-corrected chi connectivity index (χ3v) is 4.03. The van der Waals surface area contributed by atoms with Crippen molar-refractivity contribution in [3.63, 3.8) is 0 Å². The maximum Gasteiger partial charge on any atom is 0.282 e. The first-order valence-electron chi connectivity index (χ1n) is 6.41. The van der Waals surface area contributed by atoms with Crippen molar-refractivity contribution >= 4 is 21.6 Å². The summed E-state index contributed by atoms with van der Waals surface area (Å²) in [6.45, 7) is 3.74. The lowest BCUT2D eigenvalue weighted by molar-refractivity contribution is 0.620. The zero-order chi connectivity index (χ0) is 14.7. The van der Waals surface area contributed by atoms with Gasteiger partial charge in [0.25, 0.3) is 5.56 Å². The molecule has 0 saturated heterocycles. The van der Waals surface area contributed by atoms with Crippen molar-refractivity contribution in [2.75, 3.05) is 18.5 Å². The van der Waals surface area contributed by atoms with Crippen LogP contribution in [0.1, 0.15) is 12.2 Å². The summed E-state index contributed by atoms with van der Waals surface area (Å²) < 4.78 is 3.98. The van der Waals surface area contributed by atoms with E-state index in [0.717, 1.165) is 31.0 Å². The predicted octanol–water partition coefficient (Wildman–Crippen LogP) is 1.57. The molecule has 2 aromatic rings. The molecule has 0 spiro atoms. The van der Waals surface area contributed by atoms with E-state index < -0.39 is 0 Å². The molecule has 0 atom stereocenters. The maximum absolute atomic E-state index is 11.8. The van der Waals surface area contributed by atoms with E-state index in [9.17, 15) is 4.79 Å². The Hall–Kier alpha value is -1.63. The molecular formula is C13H18BrN5O. The van der Waals surface area contributed by atoms with Crippen molar-refractivity contribution in [2.24, 2.45) is 7.05 Å². The van der Waals surface area contributed by atoms with Crippen LogP contribution in [0.5, 0.6) is 0 Å². The highest BCUT2D eigenvalue weighted by atomic mass is 79.9.